The van der Waals surface area contributed by atoms with E-state index in [-0.39, 0.29) is 30.8 Å². The molecule has 4 rings (SSSR count). The molecule has 5 unspecified atom stereocenters. The van der Waals surface area contributed by atoms with E-state index in [1.54, 1.807) is 6.92 Å². The molecule has 2 aromatic carbocycles. The predicted molar refractivity (Wildman–Crippen MR) is 122 cm³/mol. The van der Waals surface area contributed by atoms with Crippen LogP contribution in [0.1, 0.15) is 25.2 Å². The third kappa shape index (κ3) is 6.52. The van der Waals surface area contributed by atoms with Crippen molar-refractivity contribution in [3.8, 4) is 11.3 Å². The van der Waals surface area contributed by atoms with Crippen molar-refractivity contribution in [3.05, 3.63) is 71.7 Å². The van der Waals surface area contributed by atoms with Gasteiger partial charge >= 0.3 is 5.97 Å². The summed E-state index contributed by atoms with van der Waals surface area (Å²) in [6, 6.07) is 11.0. The molecule has 2 heterocycles. The van der Waals surface area contributed by atoms with Gasteiger partial charge in [0, 0.05) is 11.1 Å². The minimum atomic E-state index is -1.59. The summed E-state index contributed by atoms with van der Waals surface area (Å²) in [5, 5.41) is 18.6. The number of carbonyl (C=O) groups excluding carboxylic acids is 1. The van der Waals surface area contributed by atoms with Gasteiger partial charge in [-0.15, -0.1) is 5.10 Å². The van der Waals surface area contributed by atoms with Crippen LogP contribution in [0, 0.1) is 17.5 Å². The number of hydrogen-bond acceptors (Lipinski definition) is 8. The molecule has 0 aliphatic carbocycles. The van der Waals surface area contributed by atoms with Crippen LogP contribution in [0.3, 0.4) is 0 Å². The van der Waals surface area contributed by atoms with E-state index in [2.05, 4.69) is 10.3 Å². The quantitative estimate of drug-likeness (QED) is 0.338. The highest BCUT2D eigenvalue weighted by molar-refractivity contribution is 5.69. The molecule has 37 heavy (non-hydrogen) atoms. The Balaban J connectivity index is 1.43. The van der Waals surface area contributed by atoms with Crippen molar-refractivity contribution in [1.29, 1.82) is 0 Å². The number of benzene rings is 2. The van der Waals surface area contributed by atoms with E-state index in [1.807, 2.05) is 30.3 Å². The van der Waals surface area contributed by atoms with E-state index in [9.17, 15) is 23.1 Å². The van der Waals surface area contributed by atoms with E-state index < -0.39 is 54.1 Å². The number of nitrogens with zero attached hydrogens (tertiary/aromatic N) is 3. The number of aliphatic hydroxyl groups excluding tert-OH is 1. The zero-order chi connectivity index (χ0) is 26.5. The molecule has 198 valence electrons. The van der Waals surface area contributed by atoms with E-state index in [0.29, 0.717) is 0 Å². The van der Waals surface area contributed by atoms with Gasteiger partial charge in [-0.2, -0.15) is 0 Å². The summed E-state index contributed by atoms with van der Waals surface area (Å²) in [5.41, 5.74) is 0.879. The third-order valence-corrected chi connectivity index (χ3v) is 5.91. The number of methoxy groups -OCH3 is 1. The normalized spacial score (nSPS) is 21.4. The van der Waals surface area contributed by atoms with Gasteiger partial charge < -0.3 is 24.1 Å². The van der Waals surface area contributed by atoms with E-state index in [0.717, 1.165) is 17.7 Å². The molecule has 1 N–H and O–H groups in total. The zero-order valence-corrected chi connectivity index (χ0v) is 20.1. The molecule has 3 aromatic rings. The van der Waals surface area contributed by atoms with Gasteiger partial charge in [-0.1, -0.05) is 35.5 Å². The Morgan fingerprint density at radius 2 is 1.92 bits per heavy atom. The molecule has 12 heteroatoms. The van der Waals surface area contributed by atoms with Crippen molar-refractivity contribution in [3.63, 3.8) is 0 Å². The van der Waals surface area contributed by atoms with Crippen LogP contribution in [0.15, 0.2) is 48.7 Å². The lowest BCUT2D eigenvalue weighted by Crippen LogP contribution is -2.46. The Morgan fingerprint density at radius 3 is 2.57 bits per heavy atom. The summed E-state index contributed by atoms with van der Waals surface area (Å²) in [5.74, 6) is -4.92. The highest BCUT2D eigenvalue weighted by Crippen LogP contribution is 2.29. The largest absolute Gasteiger partial charge is 0.469 e. The molecule has 1 fully saturated rings. The molecule has 5 atom stereocenters. The summed E-state index contributed by atoms with van der Waals surface area (Å²) in [7, 11) is 1.22. The summed E-state index contributed by atoms with van der Waals surface area (Å²) >= 11 is 0. The molecule has 0 spiro atoms. The first kappa shape index (κ1) is 26.7. The number of hydrogen-bond donors (Lipinski definition) is 1. The SMILES string of the molecule is COC(=O)CC(OC1COC(c2ccccc2)OC1C)C(O)Cn1cc(-c2cc(F)c(F)c(F)c2)nn1. The second-order valence-corrected chi connectivity index (χ2v) is 8.56. The summed E-state index contributed by atoms with van der Waals surface area (Å²) in [6.45, 7) is 1.78. The summed E-state index contributed by atoms with van der Waals surface area (Å²) < 4.78 is 64.1. The minimum Gasteiger partial charge on any atom is -0.469 e. The smallest absolute Gasteiger partial charge is 0.308 e. The first-order chi connectivity index (χ1) is 17.7. The van der Waals surface area contributed by atoms with Gasteiger partial charge in [0.2, 0.25) is 0 Å². The molecule has 1 aliphatic rings. The van der Waals surface area contributed by atoms with Crippen LogP contribution in [-0.4, -0.2) is 64.2 Å². The molecule has 0 amide bonds. The van der Waals surface area contributed by atoms with E-state index in [1.165, 1.54) is 18.0 Å². The average Bonchev–Trinajstić information content (AvgIpc) is 3.36. The lowest BCUT2D eigenvalue weighted by Gasteiger charge is -2.37. The molecular formula is C25H26F3N3O6. The fourth-order valence-corrected chi connectivity index (χ4v) is 3.85. The van der Waals surface area contributed by atoms with Crippen molar-refractivity contribution in [1.82, 2.24) is 15.0 Å². The molecule has 1 aliphatic heterocycles. The lowest BCUT2D eigenvalue weighted by molar-refractivity contribution is -0.273. The number of aromatic nitrogens is 3. The average molecular weight is 521 g/mol. The van der Waals surface area contributed by atoms with Crippen LogP contribution in [-0.2, 0) is 30.3 Å². The number of ether oxygens (including phenoxy) is 4. The maximum Gasteiger partial charge on any atom is 0.308 e. The summed E-state index contributed by atoms with van der Waals surface area (Å²) in [6.07, 6.45) is -2.81. The van der Waals surface area contributed by atoms with Gasteiger partial charge in [-0.25, -0.2) is 17.9 Å². The topological polar surface area (TPSA) is 105 Å². The zero-order valence-electron chi connectivity index (χ0n) is 20.1. The van der Waals surface area contributed by atoms with Crippen LogP contribution >= 0.6 is 0 Å². The van der Waals surface area contributed by atoms with Crippen LogP contribution in [0.2, 0.25) is 0 Å². The standard InChI is InChI=1S/C25H26F3N3O6/c1-14-22(13-35-25(36-14)15-6-4-3-5-7-15)37-21(10-23(33)34-2)20(32)12-31-11-19(29-30-31)16-8-17(26)24(28)18(27)9-16/h3-9,11,14,20-22,25,32H,10,12-13H2,1-2H3. The van der Waals surface area contributed by atoms with Gasteiger partial charge in [0.1, 0.15) is 17.9 Å². The number of carbonyl (C=O) groups is 1. The van der Waals surface area contributed by atoms with Gasteiger partial charge in [0.15, 0.2) is 23.7 Å². The highest BCUT2D eigenvalue weighted by atomic mass is 19.2. The van der Waals surface area contributed by atoms with Crippen LogP contribution in [0.25, 0.3) is 11.3 Å². The maximum atomic E-state index is 13.6. The number of rotatable bonds is 9. The predicted octanol–water partition coefficient (Wildman–Crippen LogP) is 3.17. The van der Waals surface area contributed by atoms with Crippen molar-refractivity contribution in [2.45, 2.75) is 50.6 Å². The van der Waals surface area contributed by atoms with Crippen LogP contribution in [0.4, 0.5) is 13.2 Å². The Labute approximate surface area is 210 Å². The van der Waals surface area contributed by atoms with Gasteiger partial charge in [-0.05, 0) is 19.1 Å². The van der Waals surface area contributed by atoms with Crippen LogP contribution in [0.5, 0.6) is 0 Å². The Hall–Kier alpha value is -3.32. The second kappa shape index (κ2) is 11.8. The van der Waals surface area contributed by atoms with E-state index >= 15 is 0 Å². The number of esters is 1. The first-order valence-corrected chi connectivity index (χ1v) is 11.5. The Kier molecular flexibility index (Phi) is 8.54. The molecule has 1 aromatic heterocycles. The van der Waals surface area contributed by atoms with E-state index in [4.69, 9.17) is 18.9 Å². The van der Waals surface area contributed by atoms with Crippen LogP contribution < -0.4 is 0 Å². The van der Waals surface area contributed by atoms with Crippen molar-refractivity contribution in [2.24, 2.45) is 0 Å². The molecule has 9 nitrogen and oxygen atoms in total. The Morgan fingerprint density at radius 1 is 1.22 bits per heavy atom. The number of aliphatic hydroxyl groups is 1. The maximum absolute atomic E-state index is 13.6. The molecule has 1 saturated heterocycles. The lowest BCUT2D eigenvalue weighted by atomic mass is 10.1. The van der Waals surface area contributed by atoms with Gasteiger partial charge in [0.05, 0.1) is 45.1 Å². The minimum absolute atomic E-state index is 0.0298. The second-order valence-electron chi connectivity index (χ2n) is 8.56. The highest BCUT2D eigenvalue weighted by Gasteiger charge is 2.35. The molecule has 0 radical (unpaired) electrons. The van der Waals surface area contributed by atoms with Crippen molar-refractivity contribution in [2.75, 3.05) is 13.7 Å². The van der Waals surface area contributed by atoms with Crippen molar-refractivity contribution >= 4 is 5.97 Å². The fourth-order valence-electron chi connectivity index (χ4n) is 3.85. The monoisotopic (exact) mass is 521 g/mol. The fraction of sp³-hybridized carbons (Fsp3) is 0.400. The molecular weight excluding hydrogens is 495 g/mol. The number of halogens is 3. The summed E-state index contributed by atoms with van der Waals surface area (Å²) in [4.78, 5) is 12.0. The third-order valence-electron chi connectivity index (χ3n) is 5.91. The van der Waals surface area contributed by atoms with Gasteiger partial charge in [0.25, 0.3) is 0 Å². The Bertz CT molecular complexity index is 1190. The van der Waals surface area contributed by atoms with Gasteiger partial charge in [-0.3, -0.25) is 4.79 Å². The first-order valence-electron chi connectivity index (χ1n) is 11.5. The molecule has 0 bridgehead atoms. The molecule has 0 saturated carbocycles. The van der Waals surface area contributed by atoms with Crippen molar-refractivity contribution < 1.29 is 42.0 Å².